The van der Waals surface area contributed by atoms with Crippen molar-refractivity contribution in [3.63, 3.8) is 0 Å². The summed E-state index contributed by atoms with van der Waals surface area (Å²) in [5.41, 5.74) is 5.17. The van der Waals surface area contributed by atoms with E-state index in [4.69, 9.17) is 9.57 Å². The van der Waals surface area contributed by atoms with Crippen molar-refractivity contribution in [2.75, 3.05) is 19.5 Å². The van der Waals surface area contributed by atoms with E-state index in [-0.39, 0.29) is 12.4 Å². The highest BCUT2D eigenvalue weighted by atomic mass is 32.2. The molecule has 0 radical (unpaired) electrons. The third kappa shape index (κ3) is 7.37. The van der Waals surface area contributed by atoms with Crippen LogP contribution >= 0.6 is 11.8 Å². The zero-order valence-corrected chi connectivity index (χ0v) is 15.3. The van der Waals surface area contributed by atoms with E-state index < -0.39 is 17.6 Å². The molecule has 0 fully saturated rings. The summed E-state index contributed by atoms with van der Waals surface area (Å²) in [4.78, 5) is 28.4. The summed E-state index contributed by atoms with van der Waals surface area (Å²) in [7, 11) is 1.57. The highest BCUT2D eigenvalue weighted by Crippen LogP contribution is 2.20. The monoisotopic (exact) mass is 391 g/mol. The number of nitrogens with one attached hydrogen (secondary N) is 2. The second-order valence-electron chi connectivity index (χ2n) is 5.10. The van der Waals surface area contributed by atoms with Crippen molar-refractivity contribution in [2.45, 2.75) is 4.90 Å². The molecule has 0 aliphatic carbocycles. The third-order valence-corrected chi connectivity index (χ3v) is 4.17. The van der Waals surface area contributed by atoms with Crippen LogP contribution < -0.4 is 15.6 Å². The number of hydrogen-bond acceptors (Lipinski definition) is 6. The Morgan fingerprint density at radius 2 is 1.81 bits per heavy atom. The van der Waals surface area contributed by atoms with Gasteiger partial charge in [0.15, 0.2) is 6.61 Å². The van der Waals surface area contributed by atoms with Crippen molar-refractivity contribution in [3.05, 3.63) is 59.9 Å². The van der Waals surface area contributed by atoms with Gasteiger partial charge in [-0.3, -0.25) is 20.4 Å². The van der Waals surface area contributed by atoms with Gasteiger partial charge in [0.1, 0.15) is 11.6 Å². The van der Waals surface area contributed by atoms with Crippen molar-refractivity contribution < 1.29 is 23.6 Å². The molecular formula is C18H18FN3O4S. The molecule has 2 rings (SSSR count). The molecule has 2 aromatic carbocycles. The number of methoxy groups -OCH3 is 1. The smallest absolute Gasteiger partial charge is 0.279 e. The second-order valence-corrected chi connectivity index (χ2v) is 6.11. The van der Waals surface area contributed by atoms with E-state index in [1.165, 1.54) is 12.3 Å². The Morgan fingerprint density at radius 1 is 1.11 bits per heavy atom. The molecule has 2 aromatic rings. The highest BCUT2D eigenvalue weighted by molar-refractivity contribution is 8.00. The molecule has 0 saturated carbocycles. The Hall–Kier alpha value is -3.07. The van der Waals surface area contributed by atoms with E-state index in [1.54, 1.807) is 49.6 Å². The number of nitrogens with zero attached hydrogens (tertiary/aromatic N) is 1. The molecule has 7 nitrogen and oxygen atoms in total. The quantitative estimate of drug-likeness (QED) is 0.409. The Bertz CT molecular complexity index is 799. The first-order valence-electron chi connectivity index (χ1n) is 7.83. The van der Waals surface area contributed by atoms with Crippen LogP contribution in [0.5, 0.6) is 5.75 Å². The number of ether oxygens (including phenoxy) is 1. The average molecular weight is 391 g/mol. The van der Waals surface area contributed by atoms with Crippen molar-refractivity contribution in [1.29, 1.82) is 0 Å². The topological polar surface area (TPSA) is 89.0 Å². The van der Waals surface area contributed by atoms with Crippen LogP contribution in [-0.2, 0) is 14.4 Å². The minimum absolute atomic E-state index is 0.0440. The number of rotatable bonds is 8. The normalized spacial score (nSPS) is 10.4. The van der Waals surface area contributed by atoms with Gasteiger partial charge in [0.05, 0.1) is 19.1 Å². The van der Waals surface area contributed by atoms with Gasteiger partial charge in [-0.2, -0.15) is 0 Å². The van der Waals surface area contributed by atoms with Gasteiger partial charge in [-0.25, -0.2) is 4.39 Å². The first kappa shape index (κ1) is 20.2. The maximum atomic E-state index is 13.4. The van der Waals surface area contributed by atoms with Crippen LogP contribution in [0.1, 0.15) is 5.56 Å². The number of hydrazine groups is 1. The van der Waals surface area contributed by atoms with Crippen molar-refractivity contribution in [1.82, 2.24) is 10.9 Å². The Balaban J connectivity index is 1.63. The molecule has 0 aromatic heterocycles. The largest absolute Gasteiger partial charge is 0.497 e. The number of hydrogen-bond donors (Lipinski definition) is 2. The number of oxime groups is 1. The number of thioether (sulfide) groups is 1. The number of carbonyl (C=O) groups excluding carboxylic acids is 2. The molecular weight excluding hydrogens is 373 g/mol. The first-order valence-corrected chi connectivity index (χ1v) is 8.81. The lowest BCUT2D eigenvalue weighted by molar-refractivity contribution is -0.130. The Labute approximate surface area is 159 Å². The van der Waals surface area contributed by atoms with E-state index in [0.29, 0.717) is 4.90 Å². The SMILES string of the molecule is COc1ccc(/C=N\OCC(=O)NNC(=O)CSc2ccccc2F)cc1. The maximum Gasteiger partial charge on any atom is 0.279 e. The summed E-state index contributed by atoms with van der Waals surface area (Å²) in [5, 5.41) is 3.66. The molecule has 2 N–H and O–H groups in total. The van der Waals surface area contributed by atoms with Crippen LogP contribution in [-0.4, -0.2) is 37.5 Å². The average Bonchev–Trinajstić information content (AvgIpc) is 2.69. The van der Waals surface area contributed by atoms with Gasteiger partial charge in [-0.05, 0) is 42.0 Å². The predicted octanol–water partition coefficient (Wildman–Crippen LogP) is 2.12. The van der Waals surface area contributed by atoms with E-state index in [2.05, 4.69) is 16.0 Å². The number of halogens is 1. The van der Waals surface area contributed by atoms with Crippen LogP contribution in [0.3, 0.4) is 0 Å². The first-order chi connectivity index (χ1) is 13.1. The Kier molecular flexibility index (Phi) is 8.11. The molecule has 0 aliphatic rings. The predicted molar refractivity (Wildman–Crippen MR) is 99.9 cm³/mol. The number of benzene rings is 2. The van der Waals surface area contributed by atoms with Crippen molar-refractivity contribution in [2.24, 2.45) is 5.16 Å². The van der Waals surface area contributed by atoms with Gasteiger partial charge in [-0.15, -0.1) is 11.8 Å². The summed E-state index contributed by atoms with van der Waals surface area (Å²) >= 11 is 1.03. The van der Waals surface area contributed by atoms with Gasteiger partial charge >= 0.3 is 0 Å². The fourth-order valence-electron chi connectivity index (χ4n) is 1.80. The van der Waals surface area contributed by atoms with Gasteiger partial charge in [0.2, 0.25) is 5.91 Å². The van der Waals surface area contributed by atoms with E-state index in [1.807, 2.05) is 0 Å². The second kappa shape index (κ2) is 10.8. The summed E-state index contributed by atoms with van der Waals surface area (Å²) in [6.07, 6.45) is 1.44. The lowest BCUT2D eigenvalue weighted by Crippen LogP contribution is -2.44. The lowest BCUT2D eigenvalue weighted by Gasteiger charge is -2.07. The zero-order chi connectivity index (χ0) is 19.5. The van der Waals surface area contributed by atoms with Crippen LogP contribution in [0.25, 0.3) is 0 Å². The van der Waals surface area contributed by atoms with Gasteiger partial charge < -0.3 is 9.57 Å². The minimum atomic E-state index is -0.578. The van der Waals surface area contributed by atoms with Crippen molar-refractivity contribution >= 4 is 29.8 Å². The standard InChI is InChI=1S/C18H18FN3O4S/c1-25-14-8-6-13(7-9-14)10-20-26-11-17(23)21-22-18(24)12-27-16-5-3-2-4-15(16)19/h2-10H,11-12H2,1H3,(H,21,23)(H,22,24)/b20-10-. The Morgan fingerprint density at radius 3 is 2.52 bits per heavy atom. The van der Waals surface area contributed by atoms with Crippen LogP contribution in [0, 0.1) is 5.82 Å². The molecule has 0 aliphatic heterocycles. The minimum Gasteiger partial charge on any atom is -0.497 e. The maximum absolute atomic E-state index is 13.4. The highest BCUT2D eigenvalue weighted by Gasteiger charge is 2.08. The van der Waals surface area contributed by atoms with E-state index in [0.717, 1.165) is 23.1 Å². The molecule has 0 saturated heterocycles. The molecule has 0 heterocycles. The van der Waals surface area contributed by atoms with Gasteiger partial charge in [0, 0.05) is 4.90 Å². The molecule has 9 heteroatoms. The molecule has 0 spiro atoms. The van der Waals surface area contributed by atoms with E-state index >= 15 is 0 Å². The summed E-state index contributed by atoms with van der Waals surface area (Å²) in [5.74, 6) is -0.777. The third-order valence-electron chi connectivity index (χ3n) is 3.12. The molecule has 2 amide bonds. The summed E-state index contributed by atoms with van der Waals surface area (Å²) in [6.45, 7) is -0.368. The van der Waals surface area contributed by atoms with Crippen LogP contribution in [0.2, 0.25) is 0 Å². The fourth-order valence-corrected chi connectivity index (χ4v) is 2.54. The molecule has 0 bridgehead atoms. The summed E-state index contributed by atoms with van der Waals surface area (Å²) < 4.78 is 18.5. The van der Waals surface area contributed by atoms with Crippen LogP contribution in [0.4, 0.5) is 4.39 Å². The van der Waals surface area contributed by atoms with Gasteiger partial charge in [-0.1, -0.05) is 17.3 Å². The molecule has 27 heavy (non-hydrogen) atoms. The number of amides is 2. The zero-order valence-electron chi connectivity index (χ0n) is 14.5. The lowest BCUT2D eigenvalue weighted by atomic mass is 10.2. The van der Waals surface area contributed by atoms with Crippen LogP contribution in [0.15, 0.2) is 58.6 Å². The van der Waals surface area contributed by atoms with E-state index in [9.17, 15) is 14.0 Å². The molecule has 0 unspecified atom stereocenters. The summed E-state index contributed by atoms with van der Waals surface area (Å²) in [6, 6.07) is 13.2. The van der Waals surface area contributed by atoms with Gasteiger partial charge in [0.25, 0.3) is 5.91 Å². The molecule has 142 valence electrons. The van der Waals surface area contributed by atoms with Crippen molar-refractivity contribution in [3.8, 4) is 5.75 Å². The molecule has 0 atom stereocenters. The fraction of sp³-hybridized carbons (Fsp3) is 0.167. The number of carbonyl (C=O) groups is 2.